The van der Waals surface area contributed by atoms with Crippen molar-refractivity contribution < 1.29 is 0 Å². The lowest BCUT2D eigenvalue weighted by molar-refractivity contribution is 0.559. The van der Waals surface area contributed by atoms with Gasteiger partial charge in [0.1, 0.15) is 0 Å². The van der Waals surface area contributed by atoms with Crippen LogP contribution in [0.15, 0.2) is 0 Å². The first kappa shape index (κ1) is 8.27. The molecule has 0 heterocycles. The molecule has 2 nitrogen and oxygen atoms in total. The zero-order valence-corrected chi connectivity index (χ0v) is 6.29. The van der Waals surface area contributed by atoms with Gasteiger partial charge in [0.15, 0.2) is 0 Å². The topological polar surface area (TPSA) is 38.0 Å². The number of hydrazine groups is 1. The Balaban J connectivity index is 2.86. The van der Waals surface area contributed by atoms with Crippen molar-refractivity contribution in [3.05, 3.63) is 0 Å². The average molecular weight is 134 g/mol. The van der Waals surface area contributed by atoms with E-state index in [9.17, 15) is 0 Å². The number of hydrogen-bond donors (Lipinski definition) is 2. The summed E-state index contributed by atoms with van der Waals surface area (Å²) < 4.78 is 0. The van der Waals surface area contributed by atoms with E-state index in [2.05, 4.69) is 18.6 Å². The summed E-state index contributed by atoms with van der Waals surface area (Å²) in [6, 6.07) is 0.461. The van der Waals surface area contributed by atoms with Crippen LogP contribution >= 0.6 is 11.8 Å². The highest BCUT2D eigenvalue weighted by atomic mass is 32.2. The molecule has 0 aromatic rings. The summed E-state index contributed by atoms with van der Waals surface area (Å²) >= 11 is 1.85. The van der Waals surface area contributed by atoms with Gasteiger partial charge in [-0.25, -0.2) is 0 Å². The molecule has 0 fully saturated rings. The molecule has 8 heavy (non-hydrogen) atoms. The number of nitrogens with one attached hydrogen (secondary N) is 1. The molecule has 0 aliphatic carbocycles. The van der Waals surface area contributed by atoms with E-state index in [4.69, 9.17) is 5.84 Å². The highest BCUT2D eigenvalue weighted by Crippen LogP contribution is 1.97. The van der Waals surface area contributed by atoms with Crippen molar-refractivity contribution in [1.29, 1.82) is 0 Å². The number of thioether (sulfide) groups is 1. The Hall–Kier alpha value is 0.270. The fourth-order valence-electron chi connectivity index (χ4n) is 0.378. The predicted octanol–water partition coefficient (Wildman–Crippen LogP) is 0.591. The summed E-state index contributed by atoms with van der Waals surface area (Å²) in [6.45, 7) is 2.08. The zero-order chi connectivity index (χ0) is 6.41. The first-order valence-electron chi connectivity index (χ1n) is 2.76. The number of nitrogens with two attached hydrogens (primary N) is 1. The van der Waals surface area contributed by atoms with Crippen molar-refractivity contribution in [2.75, 3.05) is 12.0 Å². The highest BCUT2D eigenvalue weighted by Gasteiger charge is 1.94. The molecule has 0 aromatic heterocycles. The van der Waals surface area contributed by atoms with E-state index in [1.165, 1.54) is 5.75 Å². The van der Waals surface area contributed by atoms with Crippen LogP contribution in [0.1, 0.15) is 13.3 Å². The van der Waals surface area contributed by atoms with E-state index in [1.807, 2.05) is 11.8 Å². The van der Waals surface area contributed by atoms with Crippen LogP contribution in [0, 0.1) is 0 Å². The second-order valence-corrected chi connectivity index (χ2v) is 2.83. The molecular formula is C5H14N2S. The Morgan fingerprint density at radius 2 is 2.38 bits per heavy atom. The van der Waals surface area contributed by atoms with Crippen LogP contribution in [0.4, 0.5) is 0 Å². The summed E-state index contributed by atoms with van der Waals surface area (Å²) in [4.78, 5) is 0. The fourth-order valence-corrected chi connectivity index (χ4v) is 0.967. The summed E-state index contributed by atoms with van der Waals surface area (Å²) in [5.41, 5.74) is 2.69. The lowest BCUT2D eigenvalue weighted by Crippen LogP contribution is -2.32. The molecular weight excluding hydrogens is 120 g/mol. The molecule has 1 atom stereocenters. The van der Waals surface area contributed by atoms with Crippen LogP contribution in [0.25, 0.3) is 0 Å². The Bertz CT molecular complexity index is 49.7. The fraction of sp³-hybridized carbons (Fsp3) is 1.00. The minimum Gasteiger partial charge on any atom is -0.271 e. The van der Waals surface area contributed by atoms with Crippen molar-refractivity contribution in [3.63, 3.8) is 0 Å². The van der Waals surface area contributed by atoms with Crippen molar-refractivity contribution in [3.8, 4) is 0 Å². The van der Waals surface area contributed by atoms with Gasteiger partial charge in [0.05, 0.1) is 0 Å². The van der Waals surface area contributed by atoms with Gasteiger partial charge in [-0.2, -0.15) is 11.8 Å². The van der Waals surface area contributed by atoms with Gasteiger partial charge in [-0.05, 0) is 25.4 Å². The second kappa shape index (κ2) is 5.41. The van der Waals surface area contributed by atoms with Crippen LogP contribution in [0.5, 0.6) is 0 Å². The molecule has 3 heteroatoms. The Morgan fingerprint density at radius 3 is 2.75 bits per heavy atom. The molecule has 0 aromatic carbocycles. The third-order valence-electron chi connectivity index (χ3n) is 1.04. The second-order valence-electron chi connectivity index (χ2n) is 1.85. The molecule has 3 N–H and O–H groups in total. The van der Waals surface area contributed by atoms with Gasteiger partial charge in [-0.15, -0.1) is 0 Å². The van der Waals surface area contributed by atoms with Crippen LogP contribution in [-0.4, -0.2) is 18.1 Å². The van der Waals surface area contributed by atoms with Crippen LogP contribution in [-0.2, 0) is 0 Å². The number of rotatable bonds is 4. The first-order valence-corrected chi connectivity index (χ1v) is 4.15. The molecule has 0 unspecified atom stereocenters. The summed E-state index contributed by atoms with van der Waals surface area (Å²) in [5, 5.41) is 0. The van der Waals surface area contributed by atoms with E-state index in [0.29, 0.717) is 6.04 Å². The molecule has 0 saturated heterocycles. The molecule has 0 radical (unpaired) electrons. The minimum absolute atomic E-state index is 0.461. The van der Waals surface area contributed by atoms with Gasteiger partial charge < -0.3 is 0 Å². The van der Waals surface area contributed by atoms with E-state index >= 15 is 0 Å². The average Bonchev–Trinajstić information content (AvgIpc) is 1.83. The van der Waals surface area contributed by atoms with Crippen LogP contribution in [0.3, 0.4) is 0 Å². The molecule has 0 bridgehead atoms. The molecule has 0 amide bonds. The van der Waals surface area contributed by atoms with Crippen molar-refractivity contribution in [2.45, 2.75) is 19.4 Å². The lowest BCUT2D eigenvalue weighted by atomic mass is 10.3. The van der Waals surface area contributed by atoms with Gasteiger partial charge in [0.25, 0.3) is 0 Å². The molecule has 0 spiro atoms. The molecule has 0 aliphatic rings. The maximum absolute atomic E-state index is 5.15. The van der Waals surface area contributed by atoms with E-state index in [1.54, 1.807) is 0 Å². The quantitative estimate of drug-likeness (QED) is 0.436. The maximum atomic E-state index is 5.15. The minimum atomic E-state index is 0.461. The molecule has 50 valence electrons. The van der Waals surface area contributed by atoms with E-state index < -0.39 is 0 Å². The van der Waals surface area contributed by atoms with Crippen molar-refractivity contribution in [2.24, 2.45) is 5.84 Å². The Labute approximate surface area is 55.2 Å². The summed E-state index contributed by atoms with van der Waals surface area (Å²) in [6.07, 6.45) is 3.25. The van der Waals surface area contributed by atoms with E-state index in [0.717, 1.165) is 6.42 Å². The summed E-state index contributed by atoms with van der Waals surface area (Å²) in [7, 11) is 0. The van der Waals surface area contributed by atoms with Crippen LogP contribution < -0.4 is 11.3 Å². The van der Waals surface area contributed by atoms with Gasteiger partial charge in [0.2, 0.25) is 0 Å². The maximum Gasteiger partial charge on any atom is 0.0190 e. The monoisotopic (exact) mass is 134 g/mol. The first-order chi connectivity index (χ1) is 3.81. The van der Waals surface area contributed by atoms with Crippen molar-refractivity contribution in [1.82, 2.24) is 5.43 Å². The van der Waals surface area contributed by atoms with Crippen molar-refractivity contribution >= 4 is 11.8 Å². The largest absolute Gasteiger partial charge is 0.271 e. The molecule has 0 saturated carbocycles. The lowest BCUT2D eigenvalue weighted by Gasteiger charge is -2.06. The highest BCUT2D eigenvalue weighted by molar-refractivity contribution is 7.98. The van der Waals surface area contributed by atoms with Gasteiger partial charge in [-0.1, -0.05) is 0 Å². The standard InChI is InChI=1S/C5H14N2S/c1-5(7-6)3-4-8-2/h5,7H,3-4,6H2,1-2H3/t5-/m0/s1. The zero-order valence-electron chi connectivity index (χ0n) is 5.48. The van der Waals surface area contributed by atoms with Crippen LogP contribution in [0.2, 0.25) is 0 Å². The number of hydrogen-bond acceptors (Lipinski definition) is 3. The SMILES string of the molecule is CSCC[C@H](C)NN. The normalized spacial score (nSPS) is 13.9. The Kier molecular flexibility index (Phi) is 5.59. The smallest absolute Gasteiger partial charge is 0.0190 e. The third-order valence-corrected chi connectivity index (χ3v) is 1.68. The summed E-state index contributed by atoms with van der Waals surface area (Å²) in [5.74, 6) is 6.34. The third kappa shape index (κ3) is 4.43. The predicted molar refractivity (Wildman–Crippen MR) is 39.8 cm³/mol. The van der Waals surface area contributed by atoms with E-state index in [-0.39, 0.29) is 0 Å². The van der Waals surface area contributed by atoms with Gasteiger partial charge in [-0.3, -0.25) is 11.3 Å². The molecule has 0 aliphatic heterocycles. The van der Waals surface area contributed by atoms with Gasteiger partial charge >= 0.3 is 0 Å². The van der Waals surface area contributed by atoms with Gasteiger partial charge in [0, 0.05) is 6.04 Å². The molecule has 0 rings (SSSR count). The Morgan fingerprint density at radius 1 is 1.75 bits per heavy atom.